The third kappa shape index (κ3) is 2.82. The molecule has 18 heavy (non-hydrogen) atoms. The standard InChI is InChI=1S/C14H21N3O/c1-10-8-15-9-13(10)14(18)16-11-5-4-6-12(7-11)17(2)3/h4-7,10,13,15H,8-9H2,1-3H3,(H,16,18). The summed E-state index contributed by atoms with van der Waals surface area (Å²) in [6, 6.07) is 7.90. The molecule has 2 N–H and O–H groups in total. The van der Waals surface area contributed by atoms with Crippen LogP contribution >= 0.6 is 0 Å². The molecule has 0 radical (unpaired) electrons. The molecular weight excluding hydrogens is 226 g/mol. The Hall–Kier alpha value is -1.55. The van der Waals surface area contributed by atoms with Crippen molar-refractivity contribution in [2.75, 3.05) is 37.4 Å². The van der Waals surface area contributed by atoms with Gasteiger partial charge < -0.3 is 15.5 Å². The van der Waals surface area contributed by atoms with Crippen molar-refractivity contribution >= 4 is 17.3 Å². The van der Waals surface area contributed by atoms with Crippen LogP contribution in [0.1, 0.15) is 6.92 Å². The van der Waals surface area contributed by atoms with Crippen LogP contribution in [0.2, 0.25) is 0 Å². The molecule has 1 amide bonds. The van der Waals surface area contributed by atoms with E-state index in [4.69, 9.17) is 0 Å². The summed E-state index contributed by atoms with van der Waals surface area (Å²) in [5.74, 6) is 0.596. The molecule has 0 spiro atoms. The molecule has 4 heteroatoms. The lowest BCUT2D eigenvalue weighted by Crippen LogP contribution is -2.27. The lowest BCUT2D eigenvalue weighted by Gasteiger charge is -2.16. The minimum Gasteiger partial charge on any atom is -0.378 e. The van der Waals surface area contributed by atoms with E-state index in [0.717, 1.165) is 24.5 Å². The van der Waals surface area contributed by atoms with Gasteiger partial charge >= 0.3 is 0 Å². The number of hydrogen-bond donors (Lipinski definition) is 2. The van der Waals surface area contributed by atoms with Crippen LogP contribution in [0.3, 0.4) is 0 Å². The monoisotopic (exact) mass is 247 g/mol. The van der Waals surface area contributed by atoms with E-state index in [0.29, 0.717) is 5.92 Å². The summed E-state index contributed by atoms with van der Waals surface area (Å²) in [6.45, 7) is 3.82. The second-order valence-electron chi connectivity index (χ2n) is 5.18. The second kappa shape index (κ2) is 5.40. The molecule has 0 aliphatic carbocycles. The summed E-state index contributed by atoms with van der Waals surface area (Å²) >= 11 is 0. The van der Waals surface area contributed by atoms with Crippen molar-refractivity contribution in [3.8, 4) is 0 Å². The maximum Gasteiger partial charge on any atom is 0.229 e. The van der Waals surface area contributed by atoms with Crippen molar-refractivity contribution in [1.29, 1.82) is 0 Å². The van der Waals surface area contributed by atoms with Gasteiger partial charge in [-0.2, -0.15) is 0 Å². The molecule has 0 bridgehead atoms. The van der Waals surface area contributed by atoms with Crippen LogP contribution in [-0.2, 0) is 4.79 Å². The normalized spacial score (nSPS) is 22.8. The molecule has 98 valence electrons. The van der Waals surface area contributed by atoms with Gasteiger partial charge in [0.2, 0.25) is 5.91 Å². The Bertz CT molecular complexity index is 431. The highest BCUT2D eigenvalue weighted by atomic mass is 16.1. The molecule has 1 fully saturated rings. The maximum absolute atomic E-state index is 12.1. The lowest BCUT2D eigenvalue weighted by molar-refractivity contribution is -0.120. The zero-order valence-corrected chi connectivity index (χ0v) is 11.2. The molecule has 0 saturated carbocycles. The number of nitrogens with one attached hydrogen (secondary N) is 2. The average Bonchev–Trinajstić information content (AvgIpc) is 2.76. The Morgan fingerprint density at radius 3 is 2.78 bits per heavy atom. The highest BCUT2D eigenvalue weighted by Crippen LogP contribution is 2.21. The molecule has 4 nitrogen and oxygen atoms in total. The first-order valence-corrected chi connectivity index (χ1v) is 6.37. The van der Waals surface area contributed by atoms with Crippen molar-refractivity contribution in [3.63, 3.8) is 0 Å². The molecule has 1 aliphatic rings. The number of benzene rings is 1. The van der Waals surface area contributed by atoms with E-state index in [1.807, 2.05) is 43.3 Å². The Morgan fingerprint density at radius 1 is 1.39 bits per heavy atom. The van der Waals surface area contributed by atoms with Gasteiger partial charge in [0.15, 0.2) is 0 Å². The largest absolute Gasteiger partial charge is 0.378 e. The minimum atomic E-state index is 0.0769. The van der Waals surface area contributed by atoms with E-state index in [1.165, 1.54) is 0 Å². The zero-order chi connectivity index (χ0) is 13.1. The van der Waals surface area contributed by atoms with Crippen LogP contribution in [0.15, 0.2) is 24.3 Å². The summed E-state index contributed by atoms with van der Waals surface area (Å²) in [4.78, 5) is 14.2. The quantitative estimate of drug-likeness (QED) is 0.851. The summed E-state index contributed by atoms with van der Waals surface area (Å²) in [6.07, 6.45) is 0. The van der Waals surface area contributed by atoms with Crippen molar-refractivity contribution in [2.24, 2.45) is 11.8 Å². The topological polar surface area (TPSA) is 44.4 Å². The number of rotatable bonds is 3. The van der Waals surface area contributed by atoms with E-state index >= 15 is 0 Å². The minimum absolute atomic E-state index is 0.0769. The van der Waals surface area contributed by atoms with Gasteiger partial charge in [-0.15, -0.1) is 0 Å². The average molecular weight is 247 g/mol. The smallest absolute Gasteiger partial charge is 0.229 e. The molecule has 1 aromatic carbocycles. The van der Waals surface area contributed by atoms with Gasteiger partial charge in [-0.05, 0) is 30.7 Å². The fraction of sp³-hybridized carbons (Fsp3) is 0.500. The van der Waals surface area contributed by atoms with Crippen molar-refractivity contribution < 1.29 is 4.79 Å². The Labute approximate surface area is 108 Å². The van der Waals surface area contributed by atoms with Crippen LogP contribution in [0, 0.1) is 11.8 Å². The first kappa shape index (κ1) is 12.9. The van der Waals surface area contributed by atoms with E-state index < -0.39 is 0 Å². The van der Waals surface area contributed by atoms with Crippen molar-refractivity contribution in [1.82, 2.24) is 5.32 Å². The van der Waals surface area contributed by atoms with Gasteiger partial charge in [-0.25, -0.2) is 0 Å². The molecule has 1 aliphatic heterocycles. The van der Waals surface area contributed by atoms with Gasteiger partial charge in [0, 0.05) is 32.0 Å². The van der Waals surface area contributed by atoms with Gasteiger partial charge in [0.05, 0.1) is 5.92 Å². The second-order valence-corrected chi connectivity index (χ2v) is 5.18. The molecule has 1 heterocycles. The maximum atomic E-state index is 12.1. The van der Waals surface area contributed by atoms with E-state index in [1.54, 1.807) is 0 Å². The molecule has 1 aromatic rings. The van der Waals surface area contributed by atoms with Crippen LogP contribution in [0.5, 0.6) is 0 Å². The van der Waals surface area contributed by atoms with Gasteiger partial charge in [-0.3, -0.25) is 4.79 Å². The van der Waals surface area contributed by atoms with Crippen LogP contribution in [0.4, 0.5) is 11.4 Å². The summed E-state index contributed by atoms with van der Waals surface area (Å²) in [7, 11) is 3.98. The summed E-state index contributed by atoms with van der Waals surface area (Å²) in [5.41, 5.74) is 1.95. The molecule has 0 aromatic heterocycles. The fourth-order valence-electron chi connectivity index (χ4n) is 2.26. The molecule has 1 saturated heterocycles. The number of nitrogens with zero attached hydrogens (tertiary/aromatic N) is 1. The Balaban J connectivity index is 2.04. The SMILES string of the molecule is CC1CNCC1C(=O)Nc1cccc(N(C)C)c1. The number of carbonyl (C=O) groups is 1. The molecule has 2 atom stereocenters. The Kier molecular flexibility index (Phi) is 3.87. The van der Waals surface area contributed by atoms with E-state index in [9.17, 15) is 4.79 Å². The fourth-order valence-corrected chi connectivity index (χ4v) is 2.26. The lowest BCUT2D eigenvalue weighted by atomic mass is 9.97. The van der Waals surface area contributed by atoms with Gasteiger partial charge in [0.25, 0.3) is 0 Å². The van der Waals surface area contributed by atoms with E-state index in [2.05, 4.69) is 17.6 Å². The molecule has 2 unspecified atom stereocenters. The highest BCUT2D eigenvalue weighted by molar-refractivity contribution is 5.93. The van der Waals surface area contributed by atoms with Gasteiger partial charge in [0.1, 0.15) is 0 Å². The number of anilines is 2. The molecular formula is C14H21N3O. The third-order valence-electron chi connectivity index (χ3n) is 3.48. The predicted molar refractivity (Wildman–Crippen MR) is 74.9 cm³/mol. The predicted octanol–water partition coefficient (Wildman–Crippen LogP) is 1.55. The number of carbonyl (C=O) groups excluding carboxylic acids is 1. The third-order valence-corrected chi connectivity index (χ3v) is 3.48. The first-order valence-electron chi connectivity index (χ1n) is 6.37. The summed E-state index contributed by atoms with van der Waals surface area (Å²) in [5, 5.41) is 6.25. The van der Waals surface area contributed by atoms with Crippen molar-refractivity contribution in [3.05, 3.63) is 24.3 Å². The van der Waals surface area contributed by atoms with Crippen LogP contribution in [-0.4, -0.2) is 33.1 Å². The van der Waals surface area contributed by atoms with Crippen LogP contribution < -0.4 is 15.5 Å². The van der Waals surface area contributed by atoms with E-state index in [-0.39, 0.29) is 11.8 Å². The molecule has 2 rings (SSSR count). The zero-order valence-electron chi connectivity index (χ0n) is 11.2. The summed E-state index contributed by atoms with van der Waals surface area (Å²) < 4.78 is 0. The number of amides is 1. The highest BCUT2D eigenvalue weighted by Gasteiger charge is 2.29. The van der Waals surface area contributed by atoms with Crippen molar-refractivity contribution in [2.45, 2.75) is 6.92 Å². The van der Waals surface area contributed by atoms with Crippen LogP contribution in [0.25, 0.3) is 0 Å². The number of hydrogen-bond acceptors (Lipinski definition) is 3. The first-order chi connectivity index (χ1) is 8.58. The van der Waals surface area contributed by atoms with Gasteiger partial charge in [-0.1, -0.05) is 13.0 Å². The Morgan fingerprint density at radius 2 is 2.17 bits per heavy atom.